The molecular formula is C11H21N5. The summed E-state index contributed by atoms with van der Waals surface area (Å²) < 4.78 is 0. The van der Waals surface area contributed by atoms with Crippen molar-refractivity contribution in [2.45, 2.75) is 45.1 Å². The van der Waals surface area contributed by atoms with Gasteiger partial charge in [-0.1, -0.05) is 13.3 Å². The van der Waals surface area contributed by atoms with Gasteiger partial charge in [0.05, 0.1) is 7.05 Å². The van der Waals surface area contributed by atoms with Crippen LogP contribution in [-0.2, 0) is 13.5 Å². The molecule has 1 aliphatic carbocycles. The summed E-state index contributed by atoms with van der Waals surface area (Å²) in [4.78, 5) is 1.51. The highest BCUT2D eigenvalue weighted by Crippen LogP contribution is 2.31. The normalized spacial score (nSPS) is 30.6. The first-order valence-corrected chi connectivity index (χ1v) is 6.17. The van der Waals surface area contributed by atoms with Crippen LogP contribution in [0.5, 0.6) is 0 Å². The van der Waals surface area contributed by atoms with Gasteiger partial charge in [0, 0.05) is 12.5 Å². The van der Waals surface area contributed by atoms with Gasteiger partial charge in [0.25, 0.3) is 0 Å². The topological polar surface area (TPSA) is 69.6 Å². The highest BCUT2D eigenvalue weighted by molar-refractivity contribution is 4.89. The van der Waals surface area contributed by atoms with E-state index in [1.54, 1.807) is 7.05 Å². The molecule has 1 aliphatic rings. The Morgan fingerprint density at radius 3 is 2.88 bits per heavy atom. The number of nitrogens with zero attached hydrogens (tertiary/aromatic N) is 4. The molecule has 0 aromatic carbocycles. The van der Waals surface area contributed by atoms with Crippen LogP contribution in [0.2, 0.25) is 0 Å². The van der Waals surface area contributed by atoms with Gasteiger partial charge in [-0.05, 0) is 36.3 Å². The molecule has 2 N–H and O–H groups in total. The first-order chi connectivity index (χ1) is 7.69. The van der Waals surface area contributed by atoms with E-state index in [-0.39, 0.29) is 0 Å². The predicted molar refractivity (Wildman–Crippen MR) is 61.6 cm³/mol. The van der Waals surface area contributed by atoms with Crippen molar-refractivity contribution >= 4 is 0 Å². The summed E-state index contributed by atoms with van der Waals surface area (Å²) in [6.07, 6.45) is 5.78. The molecule has 16 heavy (non-hydrogen) atoms. The fourth-order valence-electron chi connectivity index (χ4n) is 2.63. The average molecular weight is 223 g/mol. The summed E-state index contributed by atoms with van der Waals surface area (Å²) in [6.45, 7) is 2.26. The lowest BCUT2D eigenvalue weighted by atomic mass is 9.76. The zero-order chi connectivity index (χ0) is 11.5. The van der Waals surface area contributed by atoms with Gasteiger partial charge in [-0.3, -0.25) is 0 Å². The molecule has 5 nitrogen and oxygen atoms in total. The van der Waals surface area contributed by atoms with Crippen molar-refractivity contribution in [3.8, 4) is 0 Å². The number of hydrogen-bond acceptors (Lipinski definition) is 4. The fraction of sp³-hybridized carbons (Fsp3) is 0.909. The van der Waals surface area contributed by atoms with Crippen molar-refractivity contribution in [3.05, 3.63) is 5.82 Å². The minimum Gasteiger partial charge on any atom is -0.327 e. The van der Waals surface area contributed by atoms with Crippen molar-refractivity contribution < 1.29 is 0 Å². The second-order valence-corrected chi connectivity index (χ2v) is 4.91. The summed E-state index contributed by atoms with van der Waals surface area (Å²) in [5.41, 5.74) is 6.17. The van der Waals surface area contributed by atoms with E-state index in [4.69, 9.17) is 5.73 Å². The zero-order valence-electron chi connectivity index (χ0n) is 10.1. The third kappa shape index (κ3) is 2.58. The van der Waals surface area contributed by atoms with Gasteiger partial charge in [0.1, 0.15) is 0 Å². The van der Waals surface area contributed by atoms with E-state index in [0.29, 0.717) is 12.0 Å². The van der Waals surface area contributed by atoms with Gasteiger partial charge in [0.2, 0.25) is 0 Å². The molecule has 2 rings (SSSR count). The summed E-state index contributed by atoms with van der Waals surface area (Å²) >= 11 is 0. The van der Waals surface area contributed by atoms with E-state index in [0.717, 1.165) is 24.6 Å². The molecule has 5 heteroatoms. The molecule has 1 heterocycles. The number of rotatable bonds is 3. The lowest BCUT2D eigenvalue weighted by molar-refractivity contribution is 0.224. The standard InChI is InChI=1S/C11H21N5/c1-3-8-4-5-10(12)9(6-8)7-11-13-15-16(2)14-11/h8-10H,3-7,12H2,1-2H3. The SMILES string of the molecule is CCC1CCC(N)C(Cc2nnn(C)n2)C1. The monoisotopic (exact) mass is 223 g/mol. The number of aromatic nitrogens is 4. The molecule has 0 spiro atoms. The molecule has 1 fully saturated rings. The Morgan fingerprint density at radius 2 is 2.25 bits per heavy atom. The van der Waals surface area contributed by atoms with Gasteiger partial charge < -0.3 is 5.73 Å². The van der Waals surface area contributed by atoms with E-state index in [2.05, 4.69) is 22.3 Å². The lowest BCUT2D eigenvalue weighted by Crippen LogP contribution is -2.37. The molecule has 0 radical (unpaired) electrons. The van der Waals surface area contributed by atoms with E-state index >= 15 is 0 Å². The Morgan fingerprint density at radius 1 is 1.44 bits per heavy atom. The van der Waals surface area contributed by atoms with E-state index < -0.39 is 0 Å². The van der Waals surface area contributed by atoms with Crippen LogP contribution in [-0.4, -0.2) is 26.2 Å². The molecule has 0 amide bonds. The Balaban J connectivity index is 1.96. The molecule has 0 saturated heterocycles. The van der Waals surface area contributed by atoms with Gasteiger partial charge in [-0.25, -0.2) is 0 Å². The second kappa shape index (κ2) is 4.91. The van der Waals surface area contributed by atoms with Gasteiger partial charge in [0.15, 0.2) is 5.82 Å². The number of aryl methyl sites for hydroxylation is 1. The summed E-state index contributed by atoms with van der Waals surface area (Å²) in [6, 6.07) is 0.312. The van der Waals surface area contributed by atoms with Crippen LogP contribution in [0.25, 0.3) is 0 Å². The second-order valence-electron chi connectivity index (χ2n) is 4.91. The smallest absolute Gasteiger partial charge is 0.175 e. The highest BCUT2D eigenvalue weighted by atomic mass is 15.6. The van der Waals surface area contributed by atoms with Crippen LogP contribution < -0.4 is 5.73 Å². The van der Waals surface area contributed by atoms with E-state index in [1.807, 2.05) is 0 Å². The maximum absolute atomic E-state index is 6.17. The zero-order valence-corrected chi connectivity index (χ0v) is 10.1. The lowest BCUT2D eigenvalue weighted by Gasteiger charge is -2.33. The molecule has 1 aromatic rings. The van der Waals surface area contributed by atoms with Gasteiger partial charge in [-0.15, -0.1) is 10.2 Å². The number of tetrazole rings is 1. The molecule has 1 aromatic heterocycles. The summed E-state index contributed by atoms with van der Waals surface area (Å²) in [7, 11) is 1.80. The Hall–Kier alpha value is -0.970. The van der Waals surface area contributed by atoms with Crippen molar-refractivity contribution in [2.75, 3.05) is 0 Å². The molecule has 0 bridgehead atoms. The molecule has 3 unspecified atom stereocenters. The first kappa shape index (κ1) is 11.5. The van der Waals surface area contributed by atoms with Crippen LogP contribution in [0.1, 0.15) is 38.4 Å². The average Bonchev–Trinajstić information content (AvgIpc) is 2.67. The maximum atomic E-state index is 6.17. The van der Waals surface area contributed by atoms with Crippen LogP contribution >= 0.6 is 0 Å². The highest BCUT2D eigenvalue weighted by Gasteiger charge is 2.28. The number of nitrogens with two attached hydrogens (primary N) is 1. The third-order valence-corrected chi connectivity index (χ3v) is 3.72. The van der Waals surface area contributed by atoms with Crippen molar-refractivity contribution in [1.82, 2.24) is 20.2 Å². The Bertz CT molecular complexity index is 335. The quantitative estimate of drug-likeness (QED) is 0.826. The van der Waals surface area contributed by atoms with Crippen LogP contribution in [0.3, 0.4) is 0 Å². The number of hydrogen-bond donors (Lipinski definition) is 1. The van der Waals surface area contributed by atoms with Gasteiger partial charge >= 0.3 is 0 Å². The van der Waals surface area contributed by atoms with Crippen LogP contribution in [0.15, 0.2) is 0 Å². The predicted octanol–water partition coefficient (Wildman–Crippen LogP) is 0.906. The minimum atomic E-state index is 0.312. The van der Waals surface area contributed by atoms with E-state index in [1.165, 1.54) is 24.1 Å². The Kier molecular flexibility index (Phi) is 3.53. The van der Waals surface area contributed by atoms with Crippen molar-refractivity contribution in [2.24, 2.45) is 24.6 Å². The maximum Gasteiger partial charge on any atom is 0.175 e. The van der Waals surface area contributed by atoms with Crippen molar-refractivity contribution in [3.63, 3.8) is 0 Å². The molecule has 90 valence electrons. The van der Waals surface area contributed by atoms with Crippen LogP contribution in [0, 0.1) is 11.8 Å². The molecule has 0 aliphatic heterocycles. The van der Waals surface area contributed by atoms with E-state index in [9.17, 15) is 0 Å². The summed E-state index contributed by atoms with van der Waals surface area (Å²) in [5.74, 6) is 2.20. The molecule has 3 atom stereocenters. The summed E-state index contributed by atoms with van der Waals surface area (Å²) in [5, 5.41) is 12.1. The minimum absolute atomic E-state index is 0.312. The van der Waals surface area contributed by atoms with Crippen molar-refractivity contribution in [1.29, 1.82) is 0 Å². The fourth-order valence-corrected chi connectivity index (χ4v) is 2.63. The third-order valence-electron chi connectivity index (χ3n) is 3.72. The molecule has 1 saturated carbocycles. The first-order valence-electron chi connectivity index (χ1n) is 6.17. The Labute approximate surface area is 96.4 Å². The largest absolute Gasteiger partial charge is 0.327 e. The van der Waals surface area contributed by atoms with Gasteiger partial charge in [-0.2, -0.15) is 4.80 Å². The van der Waals surface area contributed by atoms with Crippen LogP contribution in [0.4, 0.5) is 0 Å². The molecular weight excluding hydrogens is 202 g/mol.